The van der Waals surface area contributed by atoms with Crippen molar-refractivity contribution in [1.29, 1.82) is 0 Å². The highest BCUT2D eigenvalue weighted by Gasteiger charge is 2.56. The molecule has 0 bridgehead atoms. The van der Waals surface area contributed by atoms with Crippen LogP contribution >= 0.6 is 0 Å². The Morgan fingerprint density at radius 1 is 1.19 bits per heavy atom. The highest BCUT2D eigenvalue weighted by molar-refractivity contribution is 6.00. The van der Waals surface area contributed by atoms with E-state index in [2.05, 4.69) is 11.0 Å². The molecule has 1 aromatic carbocycles. The van der Waals surface area contributed by atoms with Crippen LogP contribution in [0.5, 0.6) is 0 Å². The number of likely N-dealkylation sites (tertiary alicyclic amines) is 1. The van der Waals surface area contributed by atoms with Crippen LogP contribution in [0.4, 0.5) is 5.69 Å². The summed E-state index contributed by atoms with van der Waals surface area (Å²) in [6, 6.07) is 8.01. The molecule has 26 heavy (non-hydrogen) atoms. The molecule has 142 valence electrons. The third kappa shape index (κ3) is 2.91. The second kappa shape index (κ2) is 7.20. The Morgan fingerprint density at radius 3 is 2.54 bits per heavy atom. The van der Waals surface area contributed by atoms with Crippen molar-refractivity contribution < 1.29 is 14.6 Å². The second-order valence-electron chi connectivity index (χ2n) is 7.93. The van der Waals surface area contributed by atoms with Gasteiger partial charge in [0.2, 0.25) is 0 Å². The quantitative estimate of drug-likeness (QED) is 0.899. The number of piperidine rings is 1. The molecule has 5 nitrogen and oxygen atoms in total. The largest absolute Gasteiger partial charge is 0.392 e. The van der Waals surface area contributed by atoms with Gasteiger partial charge in [-0.2, -0.15) is 0 Å². The molecule has 0 aromatic heterocycles. The number of aliphatic hydroxyl groups excluding tert-OH is 1. The van der Waals surface area contributed by atoms with E-state index in [-0.39, 0.29) is 23.5 Å². The number of amides is 1. The van der Waals surface area contributed by atoms with Crippen molar-refractivity contribution in [2.75, 3.05) is 37.7 Å². The summed E-state index contributed by atoms with van der Waals surface area (Å²) in [6.45, 7) is 6.17. The van der Waals surface area contributed by atoms with Crippen LogP contribution in [0.1, 0.15) is 49.4 Å². The summed E-state index contributed by atoms with van der Waals surface area (Å²) in [5.74, 6) is 0.129. The van der Waals surface area contributed by atoms with E-state index >= 15 is 0 Å². The number of carbonyl (C=O) groups excluding carboxylic acids is 1. The van der Waals surface area contributed by atoms with Gasteiger partial charge in [0.05, 0.1) is 17.8 Å². The number of rotatable bonds is 4. The van der Waals surface area contributed by atoms with Gasteiger partial charge in [-0.05, 0) is 44.7 Å². The van der Waals surface area contributed by atoms with Crippen molar-refractivity contribution in [3.8, 4) is 0 Å². The Morgan fingerprint density at radius 2 is 1.88 bits per heavy atom. The number of para-hydroxylation sites is 1. The smallest absolute Gasteiger partial charge is 0.255 e. The van der Waals surface area contributed by atoms with E-state index in [1.54, 1.807) is 0 Å². The molecule has 0 radical (unpaired) electrons. The molecule has 4 rings (SSSR count). The average molecular weight is 358 g/mol. The summed E-state index contributed by atoms with van der Waals surface area (Å²) in [4.78, 5) is 17.5. The number of carbonyl (C=O) groups is 1. The Balaban J connectivity index is 1.46. The number of nitrogens with zero attached hydrogens (tertiary/aromatic N) is 2. The summed E-state index contributed by atoms with van der Waals surface area (Å²) < 4.78 is 5.84. The zero-order chi connectivity index (χ0) is 18.1. The fraction of sp³-hybridized carbons (Fsp3) is 0.667. The molecular formula is C21H30N2O3. The molecule has 1 N–H and O–H groups in total. The maximum Gasteiger partial charge on any atom is 0.255 e. The maximum atomic E-state index is 13.2. The molecule has 1 amide bonds. The van der Waals surface area contributed by atoms with Crippen LogP contribution in [-0.2, 0) is 4.74 Å². The van der Waals surface area contributed by atoms with Crippen LogP contribution in [0.2, 0.25) is 0 Å². The van der Waals surface area contributed by atoms with Crippen molar-refractivity contribution in [2.45, 2.75) is 51.2 Å². The zero-order valence-corrected chi connectivity index (χ0v) is 15.7. The van der Waals surface area contributed by atoms with Crippen LogP contribution in [0.25, 0.3) is 0 Å². The lowest BCUT2D eigenvalue weighted by Crippen LogP contribution is -2.62. The minimum atomic E-state index is -0.284. The molecule has 2 saturated heterocycles. The van der Waals surface area contributed by atoms with Gasteiger partial charge in [-0.15, -0.1) is 0 Å². The number of benzene rings is 1. The highest BCUT2D eigenvalue weighted by atomic mass is 16.5. The Hall–Kier alpha value is -1.59. The molecular weight excluding hydrogens is 328 g/mol. The summed E-state index contributed by atoms with van der Waals surface area (Å²) >= 11 is 0. The number of hydrogen-bond acceptors (Lipinski definition) is 4. The molecule has 2 aliphatic heterocycles. The van der Waals surface area contributed by atoms with E-state index in [4.69, 9.17) is 4.74 Å². The average Bonchev–Trinajstić information content (AvgIpc) is 3.22. The molecule has 3 fully saturated rings. The number of ether oxygens (including phenoxy) is 1. The molecule has 1 saturated carbocycles. The highest BCUT2D eigenvalue weighted by Crippen LogP contribution is 2.51. The van der Waals surface area contributed by atoms with Crippen LogP contribution in [0.3, 0.4) is 0 Å². The lowest BCUT2D eigenvalue weighted by Gasteiger charge is -2.56. The van der Waals surface area contributed by atoms with Crippen molar-refractivity contribution >= 4 is 11.6 Å². The number of anilines is 1. The van der Waals surface area contributed by atoms with Gasteiger partial charge < -0.3 is 19.6 Å². The van der Waals surface area contributed by atoms with Gasteiger partial charge in [0.1, 0.15) is 0 Å². The Kier molecular flexibility index (Phi) is 4.93. The van der Waals surface area contributed by atoms with Gasteiger partial charge in [-0.25, -0.2) is 0 Å². The first-order valence-electron chi connectivity index (χ1n) is 10.1. The predicted molar refractivity (Wildman–Crippen MR) is 101 cm³/mol. The van der Waals surface area contributed by atoms with E-state index in [0.717, 1.165) is 43.6 Å². The Bertz CT molecular complexity index is 646. The molecule has 0 unspecified atom stereocenters. The molecule has 1 aromatic rings. The molecule has 1 spiro atoms. The normalized spacial score (nSPS) is 27.6. The van der Waals surface area contributed by atoms with E-state index in [1.807, 2.05) is 30.0 Å². The summed E-state index contributed by atoms with van der Waals surface area (Å²) in [7, 11) is 0. The number of hydrogen-bond donors (Lipinski definition) is 1. The lowest BCUT2D eigenvalue weighted by molar-refractivity contribution is -0.207. The third-order valence-corrected chi connectivity index (χ3v) is 6.67. The summed E-state index contributed by atoms with van der Waals surface area (Å²) in [5.41, 5.74) is 1.76. The van der Waals surface area contributed by atoms with Gasteiger partial charge >= 0.3 is 0 Å². The minimum Gasteiger partial charge on any atom is -0.392 e. The van der Waals surface area contributed by atoms with Crippen molar-refractivity contribution in [1.82, 2.24) is 4.90 Å². The van der Waals surface area contributed by atoms with Crippen LogP contribution in [0, 0.1) is 5.41 Å². The minimum absolute atomic E-state index is 0.129. The zero-order valence-electron chi connectivity index (χ0n) is 15.7. The second-order valence-corrected chi connectivity index (χ2v) is 7.93. The van der Waals surface area contributed by atoms with Crippen LogP contribution in [0.15, 0.2) is 24.3 Å². The Labute approximate surface area is 155 Å². The molecule has 2 heterocycles. The topological polar surface area (TPSA) is 53.0 Å². The fourth-order valence-corrected chi connectivity index (χ4v) is 5.00. The van der Waals surface area contributed by atoms with Crippen molar-refractivity contribution in [3.63, 3.8) is 0 Å². The predicted octanol–water partition coefficient (Wildman–Crippen LogP) is 2.68. The van der Waals surface area contributed by atoms with E-state index < -0.39 is 0 Å². The number of aliphatic hydroxyl groups is 1. The third-order valence-electron chi connectivity index (χ3n) is 6.67. The molecule has 3 aliphatic rings. The van der Waals surface area contributed by atoms with Crippen LogP contribution < -0.4 is 4.90 Å². The standard InChI is InChI=1S/C21H30N2O3/c1-2-26-19-15-18(24)21(19)9-13-23(14-10-21)20(25)16-7-3-4-8-17(16)22-11-5-6-12-22/h3-4,7-8,18-19,24H,2,5-6,9-15H2,1H3/t18-,19+/m0/s1. The van der Waals surface area contributed by atoms with Crippen molar-refractivity contribution in [3.05, 3.63) is 29.8 Å². The van der Waals surface area contributed by atoms with Gasteiger partial charge in [-0.1, -0.05) is 12.1 Å². The van der Waals surface area contributed by atoms with Gasteiger partial charge in [0.15, 0.2) is 0 Å². The lowest BCUT2D eigenvalue weighted by atomic mass is 9.58. The van der Waals surface area contributed by atoms with Crippen LogP contribution in [-0.4, -0.2) is 60.9 Å². The maximum absolute atomic E-state index is 13.2. The summed E-state index contributed by atoms with van der Waals surface area (Å²) in [6.07, 6.45) is 4.66. The SMILES string of the molecule is CCO[C@@H]1C[C@H](O)C12CCN(C(=O)c1ccccc1N1CCCC1)CC2. The van der Waals surface area contributed by atoms with E-state index in [1.165, 1.54) is 12.8 Å². The molecule has 5 heteroatoms. The monoisotopic (exact) mass is 358 g/mol. The van der Waals surface area contributed by atoms with Gasteiger partial charge in [-0.3, -0.25) is 4.79 Å². The summed E-state index contributed by atoms with van der Waals surface area (Å²) in [5, 5.41) is 10.4. The molecule has 2 atom stereocenters. The molecule has 1 aliphatic carbocycles. The van der Waals surface area contributed by atoms with E-state index in [0.29, 0.717) is 19.7 Å². The fourth-order valence-electron chi connectivity index (χ4n) is 5.00. The van der Waals surface area contributed by atoms with Crippen molar-refractivity contribution in [2.24, 2.45) is 5.41 Å². The first-order valence-corrected chi connectivity index (χ1v) is 10.1. The van der Waals surface area contributed by atoms with E-state index in [9.17, 15) is 9.90 Å². The van der Waals surface area contributed by atoms with Gasteiger partial charge in [0, 0.05) is 50.3 Å². The van der Waals surface area contributed by atoms with Gasteiger partial charge in [0.25, 0.3) is 5.91 Å². The first-order chi connectivity index (χ1) is 12.7. The first kappa shape index (κ1) is 17.8.